The molecule has 1 aliphatic carbocycles. The lowest BCUT2D eigenvalue weighted by atomic mass is 9.84. The van der Waals surface area contributed by atoms with Crippen molar-refractivity contribution in [3.63, 3.8) is 0 Å². The highest BCUT2D eigenvalue weighted by Crippen LogP contribution is 2.33. The van der Waals surface area contributed by atoms with Crippen molar-refractivity contribution in [2.45, 2.75) is 71.1 Å². The maximum atomic E-state index is 11.2. The summed E-state index contributed by atoms with van der Waals surface area (Å²) in [5.74, 6) is 0.640. The van der Waals surface area contributed by atoms with Gasteiger partial charge in [0.1, 0.15) is 12.4 Å². The Bertz CT molecular complexity index is 1370. The molecule has 0 aliphatic heterocycles. The number of nitrogens with zero attached hydrogens (tertiary/aromatic N) is 2. The lowest BCUT2D eigenvalue weighted by molar-refractivity contribution is 0.0697. The van der Waals surface area contributed by atoms with E-state index < -0.39 is 5.97 Å². The van der Waals surface area contributed by atoms with Crippen molar-refractivity contribution in [3.05, 3.63) is 100 Å². The summed E-state index contributed by atoms with van der Waals surface area (Å²) in [7, 11) is 0. The highest BCUT2D eigenvalue weighted by atomic mass is 32.1. The van der Waals surface area contributed by atoms with E-state index in [0.717, 1.165) is 33.6 Å². The molecule has 5 rings (SSSR count). The fourth-order valence-electron chi connectivity index (χ4n) is 5.18. The number of carboxylic acid groups (broad SMARTS) is 1. The lowest BCUT2D eigenvalue weighted by Gasteiger charge is -2.26. The van der Waals surface area contributed by atoms with Crippen LogP contribution in [0.1, 0.15) is 78.9 Å². The van der Waals surface area contributed by atoms with Gasteiger partial charge >= 0.3 is 5.97 Å². The number of benzene rings is 3. The van der Waals surface area contributed by atoms with E-state index in [9.17, 15) is 9.90 Å². The number of anilines is 1. The third kappa shape index (κ3) is 6.87. The van der Waals surface area contributed by atoms with E-state index in [4.69, 9.17) is 9.72 Å². The van der Waals surface area contributed by atoms with Crippen LogP contribution in [0.2, 0.25) is 0 Å². The van der Waals surface area contributed by atoms with E-state index >= 15 is 0 Å². The number of ether oxygens (including phenoxy) is 1. The van der Waals surface area contributed by atoms with Crippen LogP contribution in [-0.2, 0) is 13.2 Å². The zero-order valence-electron chi connectivity index (χ0n) is 22.7. The summed E-state index contributed by atoms with van der Waals surface area (Å²) in [6, 6.07) is 24.4. The molecule has 1 aliphatic rings. The Hall–Kier alpha value is -3.64. The topological polar surface area (TPSA) is 62.7 Å². The normalized spacial score (nSPS) is 13.9. The van der Waals surface area contributed by atoms with Gasteiger partial charge in [-0.25, -0.2) is 9.78 Å². The van der Waals surface area contributed by atoms with Gasteiger partial charge in [-0.15, -0.1) is 11.3 Å². The van der Waals surface area contributed by atoms with Crippen LogP contribution in [0.3, 0.4) is 0 Å². The monoisotopic (exact) mass is 540 g/mol. The van der Waals surface area contributed by atoms with Gasteiger partial charge in [0.2, 0.25) is 0 Å². The van der Waals surface area contributed by atoms with E-state index in [-0.39, 0.29) is 6.04 Å². The predicted molar refractivity (Wildman–Crippen MR) is 159 cm³/mol. The second kappa shape index (κ2) is 12.5. The third-order valence-electron chi connectivity index (χ3n) is 7.51. The summed E-state index contributed by atoms with van der Waals surface area (Å²) in [6.07, 6.45) is 6.71. The maximum absolute atomic E-state index is 11.2. The summed E-state index contributed by atoms with van der Waals surface area (Å²) in [6.45, 7) is 5.48. The lowest BCUT2D eigenvalue weighted by Crippen LogP contribution is -2.30. The Morgan fingerprint density at radius 1 is 1.00 bits per heavy atom. The van der Waals surface area contributed by atoms with E-state index in [2.05, 4.69) is 60.5 Å². The van der Waals surface area contributed by atoms with Crippen LogP contribution in [0.4, 0.5) is 5.13 Å². The van der Waals surface area contributed by atoms with Gasteiger partial charge in [0.15, 0.2) is 5.13 Å². The molecular formula is C33H36N2O3S. The van der Waals surface area contributed by atoms with E-state index in [0.29, 0.717) is 18.7 Å². The summed E-state index contributed by atoms with van der Waals surface area (Å²) >= 11 is 1.62. The van der Waals surface area contributed by atoms with E-state index in [1.165, 1.54) is 43.2 Å². The molecule has 202 valence electrons. The Morgan fingerprint density at radius 3 is 2.41 bits per heavy atom. The molecule has 1 aromatic heterocycles. The largest absolute Gasteiger partial charge is 0.489 e. The molecule has 5 nitrogen and oxygen atoms in total. The van der Waals surface area contributed by atoms with Crippen molar-refractivity contribution in [1.29, 1.82) is 0 Å². The quantitative estimate of drug-likeness (QED) is 0.218. The summed E-state index contributed by atoms with van der Waals surface area (Å²) in [4.78, 5) is 18.4. The fourth-order valence-corrected chi connectivity index (χ4v) is 6.15. The zero-order valence-corrected chi connectivity index (χ0v) is 23.5. The van der Waals surface area contributed by atoms with Gasteiger partial charge < -0.3 is 14.7 Å². The molecule has 1 fully saturated rings. The summed E-state index contributed by atoms with van der Waals surface area (Å²) in [5.41, 5.74) is 5.94. The van der Waals surface area contributed by atoms with Crippen molar-refractivity contribution in [2.75, 3.05) is 4.90 Å². The predicted octanol–water partition coefficient (Wildman–Crippen LogP) is 8.55. The van der Waals surface area contributed by atoms with Gasteiger partial charge in [-0.2, -0.15) is 0 Å². The fraction of sp³-hybridized carbons (Fsp3) is 0.333. The number of rotatable bonds is 10. The highest BCUT2D eigenvalue weighted by molar-refractivity contribution is 7.14. The van der Waals surface area contributed by atoms with Gasteiger partial charge in [-0.1, -0.05) is 67.8 Å². The van der Waals surface area contributed by atoms with Gasteiger partial charge in [-0.3, -0.25) is 0 Å². The van der Waals surface area contributed by atoms with Gasteiger partial charge in [-0.05, 0) is 73.6 Å². The Kier molecular flexibility index (Phi) is 8.62. The first-order chi connectivity index (χ1) is 19.0. The molecule has 4 aromatic rings. The van der Waals surface area contributed by atoms with Crippen LogP contribution in [0.25, 0.3) is 11.3 Å². The number of hydrogen-bond donors (Lipinski definition) is 1. The molecule has 3 aromatic carbocycles. The van der Waals surface area contributed by atoms with Gasteiger partial charge in [0.05, 0.1) is 11.3 Å². The molecule has 6 heteroatoms. The molecule has 39 heavy (non-hydrogen) atoms. The van der Waals surface area contributed by atoms with Crippen LogP contribution in [0.5, 0.6) is 5.75 Å². The SMILES string of the molecule is CC(C)N(Cc1ccc(C(=O)O)cc1)c1nc(-c2cccc(OCc3ccc(C4CCCCC4)cc3)c2)cs1. The van der Waals surface area contributed by atoms with Crippen LogP contribution in [0, 0.1) is 0 Å². The highest BCUT2D eigenvalue weighted by Gasteiger charge is 2.17. The minimum atomic E-state index is -0.911. The molecule has 1 heterocycles. The molecule has 0 spiro atoms. The Labute approximate surface area is 235 Å². The van der Waals surface area contributed by atoms with Crippen molar-refractivity contribution in [1.82, 2.24) is 4.98 Å². The van der Waals surface area contributed by atoms with Crippen LogP contribution < -0.4 is 9.64 Å². The average Bonchev–Trinajstić information content (AvgIpc) is 3.46. The molecule has 0 amide bonds. The smallest absolute Gasteiger partial charge is 0.335 e. The zero-order chi connectivity index (χ0) is 27.2. The summed E-state index contributed by atoms with van der Waals surface area (Å²) < 4.78 is 6.16. The average molecular weight is 541 g/mol. The standard InChI is InChI=1S/C33H36N2O3S/c1-23(2)35(20-24-11-17-28(18-12-24)32(36)37)33-34-31(22-39-33)29-9-6-10-30(19-29)38-21-25-13-15-27(16-14-25)26-7-4-3-5-8-26/h6,9-19,22-23,26H,3-5,7-8,20-21H2,1-2H3,(H,36,37). The van der Waals surface area contributed by atoms with Crippen LogP contribution in [-0.4, -0.2) is 22.1 Å². The minimum Gasteiger partial charge on any atom is -0.489 e. The minimum absolute atomic E-state index is 0.238. The number of carboxylic acids is 1. The third-order valence-corrected chi connectivity index (χ3v) is 8.38. The molecule has 1 N–H and O–H groups in total. The van der Waals surface area contributed by atoms with Gasteiger partial charge in [0, 0.05) is 23.5 Å². The number of carbonyl (C=O) groups is 1. The first-order valence-electron chi connectivity index (χ1n) is 13.8. The van der Waals surface area contributed by atoms with Crippen molar-refractivity contribution in [3.8, 4) is 17.0 Å². The summed E-state index contributed by atoms with van der Waals surface area (Å²) in [5, 5.41) is 12.2. The first-order valence-corrected chi connectivity index (χ1v) is 14.7. The molecule has 0 bridgehead atoms. The molecule has 0 saturated heterocycles. The Balaban J connectivity index is 1.23. The number of hydrogen-bond acceptors (Lipinski definition) is 5. The first kappa shape index (κ1) is 26.9. The molecule has 1 saturated carbocycles. The number of thiazole rings is 1. The second-order valence-electron chi connectivity index (χ2n) is 10.6. The van der Waals surface area contributed by atoms with Crippen molar-refractivity contribution in [2.24, 2.45) is 0 Å². The van der Waals surface area contributed by atoms with Crippen LogP contribution >= 0.6 is 11.3 Å². The Morgan fingerprint density at radius 2 is 1.72 bits per heavy atom. The van der Waals surface area contributed by atoms with Crippen LogP contribution in [0.15, 0.2) is 78.2 Å². The van der Waals surface area contributed by atoms with Crippen molar-refractivity contribution < 1.29 is 14.6 Å². The van der Waals surface area contributed by atoms with E-state index in [1.807, 2.05) is 24.3 Å². The second-order valence-corrected chi connectivity index (χ2v) is 11.5. The molecule has 0 atom stereocenters. The maximum Gasteiger partial charge on any atom is 0.335 e. The van der Waals surface area contributed by atoms with Gasteiger partial charge in [0.25, 0.3) is 0 Å². The molecule has 0 unspecified atom stereocenters. The number of aromatic nitrogens is 1. The molecular weight excluding hydrogens is 504 g/mol. The van der Waals surface area contributed by atoms with E-state index in [1.54, 1.807) is 23.5 Å². The molecule has 0 radical (unpaired) electrons. The van der Waals surface area contributed by atoms with Crippen molar-refractivity contribution >= 4 is 22.4 Å². The number of aromatic carboxylic acids is 1.